The van der Waals surface area contributed by atoms with Gasteiger partial charge in [0.2, 0.25) is 0 Å². The van der Waals surface area contributed by atoms with E-state index in [1.807, 2.05) is 24.3 Å². The number of carbonyl (C=O) groups is 2. The lowest BCUT2D eigenvalue weighted by atomic mass is 10.1. The molecule has 0 N–H and O–H groups in total. The zero-order chi connectivity index (χ0) is 21.1. The van der Waals surface area contributed by atoms with Crippen LogP contribution >= 0.6 is 11.8 Å². The fraction of sp³-hybridized carbons (Fsp3) is 0.304. The van der Waals surface area contributed by atoms with Gasteiger partial charge in [-0.3, -0.25) is 4.79 Å². The monoisotopic (exact) mass is 413 g/mol. The van der Waals surface area contributed by atoms with Crippen LogP contribution in [0.5, 0.6) is 11.5 Å². The smallest absolute Gasteiger partial charge is 0.185 e. The van der Waals surface area contributed by atoms with Crippen LogP contribution in [0.25, 0.3) is 6.08 Å². The molecule has 0 amide bonds. The summed E-state index contributed by atoms with van der Waals surface area (Å²) in [6.45, 7) is 2.82. The third-order valence-corrected chi connectivity index (χ3v) is 5.07. The lowest BCUT2D eigenvalue weighted by molar-refractivity contribution is -0.301. The molecule has 0 aliphatic heterocycles. The maximum absolute atomic E-state index is 12.5. The number of unbranched alkanes of at least 4 members (excludes halogenated alkanes) is 1. The number of ether oxygens (including phenoxy) is 2. The normalized spacial score (nSPS) is 10.8. The van der Waals surface area contributed by atoms with Crippen molar-refractivity contribution in [2.45, 2.75) is 25.5 Å². The van der Waals surface area contributed by atoms with Crippen LogP contribution in [0.1, 0.15) is 41.3 Å². The van der Waals surface area contributed by atoms with Crippen LogP contribution < -0.4 is 14.6 Å². The second-order valence-electron chi connectivity index (χ2n) is 6.36. The van der Waals surface area contributed by atoms with Crippen molar-refractivity contribution in [3.8, 4) is 11.5 Å². The first-order valence-electron chi connectivity index (χ1n) is 9.43. The number of thioether (sulfide) groups is 1. The van der Waals surface area contributed by atoms with Gasteiger partial charge in [-0.05, 0) is 48.4 Å². The topological polar surface area (TPSA) is 75.7 Å². The standard InChI is InChI=1S/C23H26O5S/c1-3-4-13-28-20-9-5-17(6-10-20)7-11-21(24)18-8-12-22(27-2)19(14-18)15-29-16-23(25)26/h5-12,14H,3-4,13,15-16H2,1-2H3,(H,25,26)/p-1/b11-7+. The molecule has 2 rings (SSSR count). The van der Waals surface area contributed by atoms with Gasteiger partial charge in [0.05, 0.1) is 19.7 Å². The van der Waals surface area contributed by atoms with Gasteiger partial charge in [0.25, 0.3) is 0 Å². The third-order valence-electron chi connectivity index (χ3n) is 4.12. The Bertz CT molecular complexity index is 843. The van der Waals surface area contributed by atoms with Crippen molar-refractivity contribution >= 4 is 29.6 Å². The highest BCUT2D eigenvalue weighted by Gasteiger charge is 2.09. The van der Waals surface area contributed by atoms with Crippen LogP contribution in [-0.4, -0.2) is 31.2 Å². The largest absolute Gasteiger partial charge is 0.549 e. The number of carboxylic acid groups (broad SMARTS) is 1. The molecule has 0 saturated heterocycles. The molecular formula is C23H25O5S-. The molecule has 2 aromatic rings. The highest BCUT2D eigenvalue weighted by molar-refractivity contribution is 7.99. The summed E-state index contributed by atoms with van der Waals surface area (Å²) in [4.78, 5) is 23.1. The van der Waals surface area contributed by atoms with Crippen molar-refractivity contribution in [3.05, 3.63) is 65.2 Å². The van der Waals surface area contributed by atoms with Crippen LogP contribution in [0, 0.1) is 0 Å². The van der Waals surface area contributed by atoms with Crippen LogP contribution in [-0.2, 0) is 10.5 Å². The van der Waals surface area contributed by atoms with Gasteiger partial charge in [-0.1, -0.05) is 31.6 Å². The van der Waals surface area contributed by atoms with Gasteiger partial charge >= 0.3 is 0 Å². The average Bonchev–Trinajstić information content (AvgIpc) is 2.72. The number of aliphatic carboxylic acids is 1. The lowest BCUT2D eigenvalue weighted by Gasteiger charge is -2.10. The number of carbonyl (C=O) groups excluding carboxylic acids is 2. The van der Waals surface area contributed by atoms with Crippen molar-refractivity contribution in [2.24, 2.45) is 0 Å². The first-order valence-corrected chi connectivity index (χ1v) is 10.6. The number of methoxy groups -OCH3 is 1. The number of rotatable bonds is 12. The zero-order valence-corrected chi connectivity index (χ0v) is 17.5. The van der Waals surface area contributed by atoms with E-state index in [4.69, 9.17) is 9.47 Å². The van der Waals surface area contributed by atoms with Gasteiger partial charge in [-0.25, -0.2) is 0 Å². The molecule has 0 unspecified atom stereocenters. The number of benzene rings is 2. The molecule has 0 fully saturated rings. The lowest BCUT2D eigenvalue weighted by Crippen LogP contribution is -2.24. The second kappa shape index (κ2) is 12.0. The van der Waals surface area contributed by atoms with E-state index < -0.39 is 5.97 Å². The Morgan fingerprint density at radius 1 is 1.14 bits per heavy atom. The molecule has 29 heavy (non-hydrogen) atoms. The highest BCUT2D eigenvalue weighted by atomic mass is 32.2. The quantitative estimate of drug-likeness (QED) is 0.300. The van der Waals surface area contributed by atoms with E-state index in [0.717, 1.165) is 29.7 Å². The summed E-state index contributed by atoms with van der Waals surface area (Å²) >= 11 is 1.20. The van der Waals surface area contributed by atoms with Gasteiger partial charge in [0.1, 0.15) is 11.5 Å². The van der Waals surface area contributed by atoms with Crippen molar-refractivity contribution in [1.29, 1.82) is 0 Å². The molecular weight excluding hydrogens is 388 g/mol. The number of hydrogen-bond acceptors (Lipinski definition) is 6. The summed E-state index contributed by atoms with van der Waals surface area (Å²) in [6.07, 6.45) is 5.39. The molecule has 0 saturated carbocycles. The Hall–Kier alpha value is -2.73. The molecule has 6 heteroatoms. The Kier molecular flexibility index (Phi) is 9.31. The van der Waals surface area contributed by atoms with Crippen LogP contribution in [0.3, 0.4) is 0 Å². The van der Waals surface area contributed by atoms with E-state index in [1.54, 1.807) is 31.4 Å². The minimum absolute atomic E-state index is 0.112. The predicted molar refractivity (Wildman–Crippen MR) is 114 cm³/mol. The van der Waals surface area contributed by atoms with E-state index in [9.17, 15) is 14.7 Å². The van der Waals surface area contributed by atoms with Gasteiger partial charge in [0.15, 0.2) is 5.78 Å². The summed E-state index contributed by atoms with van der Waals surface area (Å²) < 4.78 is 10.9. The maximum atomic E-state index is 12.5. The van der Waals surface area contributed by atoms with Crippen molar-refractivity contribution < 1.29 is 24.2 Å². The Morgan fingerprint density at radius 2 is 1.90 bits per heavy atom. The number of carboxylic acids is 1. The number of allylic oxidation sites excluding steroid dienone is 1. The van der Waals surface area contributed by atoms with Crippen molar-refractivity contribution in [2.75, 3.05) is 19.5 Å². The number of ketones is 1. The van der Waals surface area contributed by atoms with Gasteiger partial charge in [0, 0.05) is 22.6 Å². The van der Waals surface area contributed by atoms with E-state index >= 15 is 0 Å². The van der Waals surface area contributed by atoms with E-state index in [-0.39, 0.29) is 11.5 Å². The molecule has 0 atom stereocenters. The molecule has 154 valence electrons. The van der Waals surface area contributed by atoms with Crippen LogP contribution in [0.2, 0.25) is 0 Å². The molecule has 0 aliphatic rings. The summed E-state index contributed by atoms with van der Waals surface area (Å²) in [5.41, 5.74) is 2.19. The highest BCUT2D eigenvalue weighted by Crippen LogP contribution is 2.25. The van der Waals surface area contributed by atoms with Gasteiger partial charge < -0.3 is 19.4 Å². The summed E-state index contributed by atoms with van der Waals surface area (Å²) in [5.74, 6) is 0.486. The van der Waals surface area contributed by atoms with Gasteiger partial charge in [-0.15, -0.1) is 0 Å². The van der Waals surface area contributed by atoms with E-state index in [2.05, 4.69) is 6.92 Å². The van der Waals surface area contributed by atoms with Crippen molar-refractivity contribution in [1.82, 2.24) is 0 Å². The zero-order valence-electron chi connectivity index (χ0n) is 16.7. The Labute approximate surface area is 175 Å². The first-order chi connectivity index (χ1) is 14.0. The minimum atomic E-state index is -1.12. The first kappa shape index (κ1) is 22.6. The Balaban J connectivity index is 2.02. The van der Waals surface area contributed by atoms with E-state index in [1.165, 1.54) is 17.8 Å². The maximum Gasteiger partial charge on any atom is 0.185 e. The molecule has 0 heterocycles. The minimum Gasteiger partial charge on any atom is -0.549 e. The van der Waals surface area contributed by atoms with Crippen LogP contribution in [0.15, 0.2) is 48.5 Å². The molecule has 0 aromatic heterocycles. The molecule has 2 aromatic carbocycles. The molecule has 5 nitrogen and oxygen atoms in total. The summed E-state index contributed by atoms with van der Waals surface area (Å²) in [7, 11) is 1.54. The molecule has 0 spiro atoms. The van der Waals surface area contributed by atoms with Crippen LogP contribution in [0.4, 0.5) is 0 Å². The third kappa shape index (κ3) is 7.66. The summed E-state index contributed by atoms with van der Waals surface area (Å²) in [6, 6.07) is 12.7. The average molecular weight is 414 g/mol. The predicted octanol–water partition coefficient (Wildman–Crippen LogP) is 3.75. The fourth-order valence-electron chi connectivity index (χ4n) is 2.57. The summed E-state index contributed by atoms with van der Waals surface area (Å²) in [5, 5.41) is 10.6. The molecule has 0 radical (unpaired) electrons. The molecule has 0 aliphatic carbocycles. The number of hydrogen-bond donors (Lipinski definition) is 0. The fourth-order valence-corrected chi connectivity index (χ4v) is 3.28. The van der Waals surface area contributed by atoms with E-state index in [0.29, 0.717) is 23.7 Å². The van der Waals surface area contributed by atoms with Crippen molar-refractivity contribution in [3.63, 3.8) is 0 Å². The van der Waals surface area contributed by atoms with Gasteiger partial charge in [-0.2, -0.15) is 11.8 Å². The SMILES string of the molecule is CCCCOc1ccc(/C=C/C(=O)c2ccc(OC)c(CSCC(=O)[O-])c2)cc1. The second-order valence-corrected chi connectivity index (χ2v) is 7.35. The Morgan fingerprint density at radius 3 is 2.55 bits per heavy atom. The molecule has 0 bridgehead atoms.